The molecule has 2 aliphatic rings. The van der Waals surface area contributed by atoms with Crippen LogP contribution in [0.4, 0.5) is 0 Å². The maximum atomic E-state index is 12.9. The molecular formula is C13H14N2O4S2. The van der Waals surface area contributed by atoms with E-state index in [0.29, 0.717) is 0 Å². The number of methoxy groups -OCH3 is 1. The maximum absolute atomic E-state index is 12.9. The van der Waals surface area contributed by atoms with Crippen LogP contribution in [0.15, 0.2) is 10.3 Å². The van der Waals surface area contributed by atoms with Crippen LogP contribution in [-0.4, -0.2) is 42.3 Å². The van der Waals surface area contributed by atoms with Crippen LogP contribution in [0.25, 0.3) is 0 Å². The van der Waals surface area contributed by atoms with Gasteiger partial charge >= 0.3 is 5.97 Å². The first kappa shape index (κ1) is 14.5. The molecule has 0 unspecified atom stereocenters. The molecule has 0 N–H and O–H groups in total. The summed E-state index contributed by atoms with van der Waals surface area (Å²) < 4.78 is 35.6. The molecule has 0 amide bonds. The number of hydrogen-bond acceptors (Lipinski definition) is 6. The van der Waals surface area contributed by atoms with Gasteiger partial charge in [0.2, 0.25) is 10.0 Å². The maximum Gasteiger partial charge on any atom is 0.359 e. The van der Waals surface area contributed by atoms with Gasteiger partial charge < -0.3 is 4.74 Å². The van der Waals surface area contributed by atoms with Crippen molar-refractivity contribution in [2.75, 3.05) is 7.11 Å². The van der Waals surface area contributed by atoms with Gasteiger partial charge in [0.25, 0.3) is 0 Å². The van der Waals surface area contributed by atoms with Gasteiger partial charge in [0, 0.05) is 11.4 Å². The third kappa shape index (κ3) is 2.08. The van der Waals surface area contributed by atoms with Crippen molar-refractivity contribution in [3.63, 3.8) is 0 Å². The average Bonchev–Trinajstić information content (AvgIpc) is 3.19. The fraction of sp³-hybridized carbons (Fsp3) is 0.538. The van der Waals surface area contributed by atoms with Crippen LogP contribution < -0.4 is 0 Å². The summed E-state index contributed by atoms with van der Waals surface area (Å²) in [5.74, 6) is 2.05. The second-order valence-electron chi connectivity index (χ2n) is 5.19. The highest BCUT2D eigenvalue weighted by molar-refractivity contribution is 7.89. The summed E-state index contributed by atoms with van der Waals surface area (Å²) in [6, 6.07) is -0.509. The van der Waals surface area contributed by atoms with E-state index in [1.165, 1.54) is 16.8 Å². The Morgan fingerprint density at radius 1 is 1.57 bits per heavy atom. The molecule has 0 radical (unpaired) electrons. The third-order valence-corrected chi connectivity index (χ3v) is 6.89. The molecule has 3 rings (SSSR count). The lowest BCUT2D eigenvalue weighted by Crippen LogP contribution is -2.44. The molecule has 2 heterocycles. The third-order valence-electron chi connectivity index (χ3n) is 4.17. The summed E-state index contributed by atoms with van der Waals surface area (Å²) in [4.78, 5) is 11.6. The van der Waals surface area contributed by atoms with Gasteiger partial charge in [0.05, 0.1) is 13.2 Å². The molecule has 0 aromatic carbocycles. The monoisotopic (exact) mass is 326 g/mol. The van der Waals surface area contributed by atoms with E-state index in [0.717, 1.165) is 30.8 Å². The molecule has 0 spiro atoms. The molecule has 6 nitrogen and oxygen atoms in total. The van der Waals surface area contributed by atoms with Crippen molar-refractivity contribution in [1.29, 1.82) is 0 Å². The molecule has 1 aliphatic heterocycles. The largest absolute Gasteiger partial charge is 0.464 e. The Bertz CT molecular complexity index is 719. The van der Waals surface area contributed by atoms with Gasteiger partial charge in [-0.15, -0.1) is 6.42 Å². The molecule has 8 heteroatoms. The Morgan fingerprint density at radius 3 is 3.00 bits per heavy atom. The molecule has 3 atom stereocenters. The molecule has 1 aromatic heterocycles. The Kier molecular flexibility index (Phi) is 3.51. The molecule has 1 aliphatic carbocycles. The van der Waals surface area contributed by atoms with E-state index >= 15 is 0 Å². The second kappa shape index (κ2) is 5.09. The van der Waals surface area contributed by atoms with E-state index in [9.17, 15) is 13.2 Å². The summed E-state index contributed by atoms with van der Waals surface area (Å²) in [5, 5.41) is 1.36. The molecule has 1 aromatic rings. The zero-order valence-corrected chi connectivity index (χ0v) is 13.0. The number of nitrogens with zero attached hydrogens (tertiary/aromatic N) is 2. The number of sulfonamides is 1. The zero-order chi connectivity index (χ0) is 15.2. The predicted octanol–water partition coefficient (Wildman–Crippen LogP) is 1.10. The molecule has 1 saturated heterocycles. The van der Waals surface area contributed by atoms with Crippen molar-refractivity contribution in [3.8, 4) is 12.3 Å². The fourth-order valence-electron chi connectivity index (χ4n) is 3.26. The van der Waals surface area contributed by atoms with Crippen LogP contribution in [0.5, 0.6) is 0 Å². The second-order valence-corrected chi connectivity index (χ2v) is 7.63. The summed E-state index contributed by atoms with van der Waals surface area (Å²) in [7, 11) is -2.64. The molecule has 21 heavy (non-hydrogen) atoms. The summed E-state index contributed by atoms with van der Waals surface area (Å²) in [6.45, 7) is 0. The highest BCUT2D eigenvalue weighted by Gasteiger charge is 2.51. The van der Waals surface area contributed by atoms with Crippen molar-refractivity contribution in [1.82, 2.24) is 8.68 Å². The van der Waals surface area contributed by atoms with Gasteiger partial charge in [-0.05, 0) is 36.7 Å². The number of aromatic nitrogens is 1. The van der Waals surface area contributed by atoms with Crippen LogP contribution >= 0.6 is 11.5 Å². The van der Waals surface area contributed by atoms with Gasteiger partial charge in [-0.25, -0.2) is 13.2 Å². The number of piperidine rings is 1. The van der Waals surface area contributed by atoms with E-state index in [1.54, 1.807) is 0 Å². The molecule has 112 valence electrons. The van der Waals surface area contributed by atoms with Gasteiger partial charge in [-0.3, -0.25) is 0 Å². The summed E-state index contributed by atoms with van der Waals surface area (Å²) in [5.41, 5.74) is -0.166. The fourth-order valence-corrected chi connectivity index (χ4v) is 6.19. The minimum atomic E-state index is -3.84. The summed E-state index contributed by atoms with van der Waals surface area (Å²) >= 11 is 0.916. The first-order valence-electron chi connectivity index (χ1n) is 6.53. The Hall–Kier alpha value is -1.43. The van der Waals surface area contributed by atoms with Crippen LogP contribution in [0, 0.1) is 18.3 Å². The number of fused-ring (bicyclic) bond motifs is 2. The molecule has 2 fully saturated rings. The van der Waals surface area contributed by atoms with Crippen molar-refractivity contribution in [3.05, 3.63) is 11.1 Å². The van der Waals surface area contributed by atoms with Crippen molar-refractivity contribution >= 4 is 27.5 Å². The number of ether oxygens (including phenoxy) is 1. The lowest BCUT2D eigenvalue weighted by molar-refractivity contribution is 0.0590. The Balaban J connectivity index is 2.04. The van der Waals surface area contributed by atoms with Gasteiger partial charge in [0.15, 0.2) is 5.69 Å². The number of rotatable bonds is 3. The average molecular weight is 326 g/mol. The molecule has 2 bridgehead atoms. The minimum absolute atomic E-state index is 0.0774. The van der Waals surface area contributed by atoms with Crippen molar-refractivity contribution in [2.24, 2.45) is 5.92 Å². The number of hydrogen-bond donors (Lipinski definition) is 0. The normalized spacial score (nSPS) is 28.5. The van der Waals surface area contributed by atoms with Crippen LogP contribution in [0.1, 0.15) is 29.8 Å². The topological polar surface area (TPSA) is 76.6 Å². The van der Waals surface area contributed by atoms with E-state index in [-0.39, 0.29) is 22.5 Å². The summed E-state index contributed by atoms with van der Waals surface area (Å²) in [6.07, 6.45) is 8.08. The quantitative estimate of drug-likeness (QED) is 0.614. The molecule has 1 saturated carbocycles. The van der Waals surface area contributed by atoms with E-state index < -0.39 is 22.0 Å². The smallest absolute Gasteiger partial charge is 0.359 e. The number of carbonyl (C=O) groups is 1. The standard InChI is InChI=1S/C13H14N2O4S2/c1-3-10-8-4-5-9(6-8)15(10)21(17,18)11-7-20-14-12(11)13(16)19-2/h1,7-10H,4-6H2,2H3/t8-,9+,10+/m0/s1. The minimum Gasteiger partial charge on any atom is -0.464 e. The lowest BCUT2D eigenvalue weighted by Gasteiger charge is -2.30. The first-order chi connectivity index (χ1) is 10.0. The van der Waals surface area contributed by atoms with Crippen LogP contribution in [0.3, 0.4) is 0 Å². The van der Waals surface area contributed by atoms with E-state index in [1.807, 2.05) is 0 Å². The van der Waals surface area contributed by atoms with Crippen LogP contribution in [-0.2, 0) is 14.8 Å². The number of esters is 1. The van der Waals surface area contributed by atoms with Crippen molar-refractivity contribution < 1.29 is 17.9 Å². The molecular weight excluding hydrogens is 312 g/mol. The number of carbonyl (C=O) groups excluding carboxylic acids is 1. The zero-order valence-electron chi connectivity index (χ0n) is 11.4. The Morgan fingerprint density at radius 2 is 2.33 bits per heavy atom. The van der Waals surface area contributed by atoms with Gasteiger partial charge in [-0.2, -0.15) is 8.68 Å². The lowest BCUT2D eigenvalue weighted by atomic mass is 10.0. The van der Waals surface area contributed by atoms with Gasteiger partial charge in [0.1, 0.15) is 4.90 Å². The highest BCUT2D eigenvalue weighted by Crippen LogP contribution is 2.45. The van der Waals surface area contributed by atoms with E-state index in [2.05, 4.69) is 15.0 Å². The SMILES string of the molecule is C#C[C@@H]1[C@H]2CC[C@H](C2)N1S(=O)(=O)c1csnc1C(=O)OC. The highest BCUT2D eigenvalue weighted by atomic mass is 32.2. The Labute approximate surface area is 127 Å². The van der Waals surface area contributed by atoms with E-state index in [4.69, 9.17) is 6.42 Å². The van der Waals surface area contributed by atoms with Crippen LogP contribution in [0.2, 0.25) is 0 Å². The first-order valence-corrected chi connectivity index (χ1v) is 8.80. The van der Waals surface area contributed by atoms with Gasteiger partial charge in [-0.1, -0.05) is 5.92 Å². The number of terminal acetylenes is 1. The predicted molar refractivity (Wildman–Crippen MR) is 76.2 cm³/mol. The van der Waals surface area contributed by atoms with Crippen molar-refractivity contribution in [2.45, 2.75) is 36.2 Å².